The zero-order valence-corrected chi connectivity index (χ0v) is 12.6. The fourth-order valence-corrected chi connectivity index (χ4v) is 2.86. The number of nitrogens with one attached hydrogen (secondary N) is 2. The number of benzene rings is 2. The standard InChI is InChI=1S/C15H12N4O3S/c20-15(14-10-16-7-8-17-14)18-19-23(21,22)13-6-5-11-3-1-2-4-12(11)9-13/h1-10,19H,(H,18,20). The number of fused-ring (bicyclic) bond motifs is 1. The number of carbonyl (C=O) groups excluding carboxylic acids is 1. The first-order chi connectivity index (χ1) is 11.1. The van der Waals surface area contributed by atoms with Crippen LogP contribution in [-0.4, -0.2) is 24.3 Å². The maximum Gasteiger partial charge on any atom is 0.286 e. The molecule has 0 saturated carbocycles. The van der Waals surface area contributed by atoms with Gasteiger partial charge in [0.05, 0.1) is 11.1 Å². The Morgan fingerprint density at radius 1 is 1.00 bits per heavy atom. The van der Waals surface area contributed by atoms with Gasteiger partial charge in [0.2, 0.25) is 0 Å². The molecular weight excluding hydrogens is 316 g/mol. The molecule has 2 N–H and O–H groups in total. The van der Waals surface area contributed by atoms with Crippen molar-refractivity contribution in [1.29, 1.82) is 0 Å². The van der Waals surface area contributed by atoms with Crippen LogP contribution in [0.1, 0.15) is 10.5 Å². The summed E-state index contributed by atoms with van der Waals surface area (Å²) in [6.45, 7) is 0. The summed E-state index contributed by atoms with van der Waals surface area (Å²) in [5, 5.41) is 1.71. The van der Waals surface area contributed by atoms with Gasteiger partial charge in [-0.05, 0) is 22.9 Å². The Hall–Kier alpha value is -2.84. The Morgan fingerprint density at radius 3 is 2.52 bits per heavy atom. The van der Waals surface area contributed by atoms with E-state index in [0.717, 1.165) is 10.8 Å². The summed E-state index contributed by atoms with van der Waals surface area (Å²) < 4.78 is 24.5. The van der Waals surface area contributed by atoms with Crippen LogP contribution in [0.25, 0.3) is 10.8 Å². The molecule has 0 bridgehead atoms. The molecule has 116 valence electrons. The van der Waals surface area contributed by atoms with Gasteiger partial charge in [0, 0.05) is 12.4 Å². The highest BCUT2D eigenvalue weighted by Crippen LogP contribution is 2.18. The fraction of sp³-hybridized carbons (Fsp3) is 0. The minimum atomic E-state index is -3.88. The van der Waals surface area contributed by atoms with Gasteiger partial charge in [0.15, 0.2) is 0 Å². The predicted molar refractivity (Wildman–Crippen MR) is 83.8 cm³/mol. The van der Waals surface area contributed by atoms with Crippen LogP contribution in [0.15, 0.2) is 66.0 Å². The number of hydrazine groups is 1. The Balaban J connectivity index is 1.79. The van der Waals surface area contributed by atoms with Crippen LogP contribution in [0.2, 0.25) is 0 Å². The number of carbonyl (C=O) groups is 1. The summed E-state index contributed by atoms with van der Waals surface area (Å²) in [6, 6.07) is 12.1. The molecule has 0 fully saturated rings. The molecule has 8 heteroatoms. The minimum absolute atomic E-state index is 0.00807. The SMILES string of the molecule is O=C(NNS(=O)(=O)c1ccc2ccccc2c1)c1cnccn1. The second-order valence-corrected chi connectivity index (χ2v) is 6.34. The number of hydrogen-bond donors (Lipinski definition) is 2. The molecular formula is C15H12N4O3S. The van der Waals surface area contributed by atoms with E-state index in [0.29, 0.717) is 0 Å². The number of nitrogens with zero attached hydrogens (tertiary/aromatic N) is 2. The highest BCUT2D eigenvalue weighted by Gasteiger charge is 2.16. The first kappa shape index (κ1) is 15.1. The van der Waals surface area contributed by atoms with Crippen molar-refractivity contribution in [1.82, 2.24) is 20.2 Å². The lowest BCUT2D eigenvalue weighted by Crippen LogP contribution is -2.41. The molecule has 1 heterocycles. The first-order valence-electron chi connectivity index (χ1n) is 6.63. The predicted octanol–water partition coefficient (Wildman–Crippen LogP) is 1.25. The van der Waals surface area contributed by atoms with Crippen molar-refractivity contribution in [2.75, 3.05) is 0 Å². The highest BCUT2D eigenvalue weighted by molar-refractivity contribution is 7.89. The van der Waals surface area contributed by atoms with Crippen molar-refractivity contribution in [3.8, 4) is 0 Å². The Morgan fingerprint density at radius 2 is 1.78 bits per heavy atom. The largest absolute Gasteiger partial charge is 0.286 e. The van der Waals surface area contributed by atoms with E-state index < -0.39 is 15.9 Å². The van der Waals surface area contributed by atoms with Gasteiger partial charge < -0.3 is 0 Å². The summed E-state index contributed by atoms with van der Waals surface area (Å²) in [7, 11) is -3.88. The van der Waals surface area contributed by atoms with E-state index in [1.807, 2.05) is 29.1 Å². The van der Waals surface area contributed by atoms with E-state index in [-0.39, 0.29) is 10.6 Å². The number of rotatable bonds is 4. The normalized spacial score (nSPS) is 11.3. The average Bonchev–Trinajstić information content (AvgIpc) is 2.60. The monoisotopic (exact) mass is 328 g/mol. The van der Waals surface area contributed by atoms with Crippen molar-refractivity contribution in [2.45, 2.75) is 4.90 Å². The van der Waals surface area contributed by atoms with Crippen LogP contribution < -0.4 is 10.3 Å². The van der Waals surface area contributed by atoms with E-state index in [1.54, 1.807) is 6.07 Å². The molecule has 1 aromatic heterocycles. The van der Waals surface area contributed by atoms with Crippen LogP contribution >= 0.6 is 0 Å². The third-order valence-electron chi connectivity index (χ3n) is 3.13. The second kappa shape index (κ2) is 6.11. The van der Waals surface area contributed by atoms with Crippen LogP contribution in [0.3, 0.4) is 0 Å². The molecule has 0 radical (unpaired) electrons. The van der Waals surface area contributed by atoms with E-state index in [9.17, 15) is 13.2 Å². The van der Waals surface area contributed by atoms with Gasteiger partial charge in [-0.25, -0.2) is 13.4 Å². The fourth-order valence-electron chi connectivity index (χ4n) is 1.99. The first-order valence-corrected chi connectivity index (χ1v) is 8.11. The maximum atomic E-state index is 12.2. The van der Waals surface area contributed by atoms with Crippen molar-refractivity contribution in [3.05, 3.63) is 66.7 Å². The summed E-state index contributed by atoms with van der Waals surface area (Å²) >= 11 is 0. The Kier molecular flexibility index (Phi) is 4.00. The molecule has 0 aliphatic carbocycles. The lowest BCUT2D eigenvalue weighted by molar-refractivity contribution is 0.0939. The van der Waals surface area contributed by atoms with Crippen molar-refractivity contribution >= 4 is 26.7 Å². The van der Waals surface area contributed by atoms with E-state index >= 15 is 0 Å². The van der Waals surface area contributed by atoms with E-state index in [1.165, 1.54) is 30.7 Å². The second-order valence-electron chi connectivity index (χ2n) is 4.66. The highest BCUT2D eigenvalue weighted by atomic mass is 32.2. The minimum Gasteiger partial charge on any atom is -0.272 e. The molecule has 1 amide bonds. The van der Waals surface area contributed by atoms with Gasteiger partial charge in [-0.15, -0.1) is 4.83 Å². The molecule has 0 aliphatic rings. The third kappa shape index (κ3) is 3.33. The molecule has 2 aromatic carbocycles. The molecule has 7 nitrogen and oxygen atoms in total. The Bertz CT molecular complexity index is 959. The van der Waals surface area contributed by atoms with E-state index in [2.05, 4.69) is 15.4 Å². The molecule has 0 aliphatic heterocycles. The van der Waals surface area contributed by atoms with Gasteiger partial charge in [0.1, 0.15) is 5.69 Å². The summed E-state index contributed by atoms with van der Waals surface area (Å²) in [4.78, 5) is 21.4. The Labute approximate surface area is 132 Å². The number of amides is 1. The maximum absolute atomic E-state index is 12.2. The van der Waals surface area contributed by atoms with Crippen molar-refractivity contribution < 1.29 is 13.2 Å². The van der Waals surface area contributed by atoms with Gasteiger partial charge in [-0.2, -0.15) is 0 Å². The van der Waals surface area contributed by atoms with Crippen LogP contribution in [0, 0.1) is 0 Å². The number of sulfonamides is 1. The zero-order valence-electron chi connectivity index (χ0n) is 11.8. The molecule has 3 aromatic rings. The molecule has 3 rings (SSSR count). The molecule has 0 unspecified atom stereocenters. The third-order valence-corrected chi connectivity index (χ3v) is 4.37. The topological polar surface area (TPSA) is 101 Å². The smallest absolute Gasteiger partial charge is 0.272 e. The molecule has 0 saturated heterocycles. The summed E-state index contributed by atoms with van der Waals surface area (Å²) in [5.74, 6) is -0.692. The quantitative estimate of drug-likeness (QED) is 0.702. The van der Waals surface area contributed by atoms with E-state index in [4.69, 9.17) is 0 Å². The van der Waals surface area contributed by atoms with Gasteiger partial charge >= 0.3 is 0 Å². The lowest BCUT2D eigenvalue weighted by atomic mass is 10.1. The van der Waals surface area contributed by atoms with Crippen LogP contribution in [-0.2, 0) is 10.0 Å². The van der Waals surface area contributed by atoms with Gasteiger partial charge in [-0.3, -0.25) is 15.2 Å². The van der Waals surface area contributed by atoms with Crippen molar-refractivity contribution in [2.24, 2.45) is 0 Å². The average molecular weight is 328 g/mol. The molecule has 0 atom stereocenters. The van der Waals surface area contributed by atoms with Gasteiger partial charge in [-0.1, -0.05) is 30.3 Å². The van der Waals surface area contributed by atoms with Crippen molar-refractivity contribution in [3.63, 3.8) is 0 Å². The summed E-state index contributed by atoms with van der Waals surface area (Å²) in [6.07, 6.45) is 3.99. The van der Waals surface area contributed by atoms with Crippen LogP contribution in [0.5, 0.6) is 0 Å². The summed E-state index contributed by atoms with van der Waals surface area (Å²) in [5.41, 5.74) is 2.11. The van der Waals surface area contributed by atoms with Gasteiger partial charge in [0.25, 0.3) is 15.9 Å². The zero-order chi connectivity index (χ0) is 16.3. The lowest BCUT2D eigenvalue weighted by Gasteiger charge is -2.08. The number of aromatic nitrogens is 2. The number of hydrogen-bond acceptors (Lipinski definition) is 5. The van der Waals surface area contributed by atoms with Crippen LogP contribution in [0.4, 0.5) is 0 Å². The molecule has 0 spiro atoms. The molecule has 23 heavy (non-hydrogen) atoms.